The van der Waals surface area contributed by atoms with Crippen molar-refractivity contribution in [3.63, 3.8) is 0 Å². The van der Waals surface area contributed by atoms with E-state index in [0.29, 0.717) is 5.25 Å². The molecule has 17 heavy (non-hydrogen) atoms. The zero-order valence-corrected chi connectivity index (χ0v) is 11.9. The van der Waals surface area contributed by atoms with Crippen molar-refractivity contribution in [3.05, 3.63) is 17.7 Å². The third-order valence-corrected chi connectivity index (χ3v) is 3.32. The van der Waals surface area contributed by atoms with E-state index in [2.05, 4.69) is 13.8 Å². The maximum Gasteiger partial charge on any atom is 0.128 e. The molecule has 0 aliphatic heterocycles. The van der Waals surface area contributed by atoms with Gasteiger partial charge in [0.25, 0.3) is 0 Å². The zero-order valence-electron chi connectivity index (χ0n) is 11.1. The van der Waals surface area contributed by atoms with Gasteiger partial charge >= 0.3 is 0 Å². The minimum absolute atomic E-state index is 0.113. The highest BCUT2D eigenvalue weighted by molar-refractivity contribution is 7.99. The molecule has 1 aromatic carbocycles. The second-order valence-electron chi connectivity index (χ2n) is 4.20. The van der Waals surface area contributed by atoms with E-state index in [1.54, 1.807) is 26.0 Å². The Bertz CT molecular complexity index is 353. The van der Waals surface area contributed by atoms with Crippen LogP contribution in [0.3, 0.4) is 0 Å². The summed E-state index contributed by atoms with van der Waals surface area (Å²) >= 11 is 1.78. The number of nitrogens with two attached hydrogens (primary N) is 1. The van der Waals surface area contributed by atoms with Crippen molar-refractivity contribution < 1.29 is 9.47 Å². The molecule has 0 bridgehead atoms. The standard InChI is InChI=1S/C13H21NO2S/c1-8(2)17-10-6-11(15-4)13(9(3)14)12(7-10)16-5/h6-9H,14H2,1-5H3. The summed E-state index contributed by atoms with van der Waals surface area (Å²) in [6.45, 7) is 6.24. The highest BCUT2D eigenvalue weighted by Crippen LogP contribution is 2.38. The Morgan fingerprint density at radius 3 is 1.82 bits per heavy atom. The third-order valence-electron chi connectivity index (χ3n) is 2.34. The lowest BCUT2D eigenvalue weighted by Crippen LogP contribution is -2.09. The van der Waals surface area contributed by atoms with Gasteiger partial charge in [-0.05, 0) is 19.1 Å². The monoisotopic (exact) mass is 255 g/mol. The lowest BCUT2D eigenvalue weighted by atomic mass is 10.1. The van der Waals surface area contributed by atoms with Crippen LogP contribution in [0.1, 0.15) is 32.4 Å². The summed E-state index contributed by atoms with van der Waals surface area (Å²) in [5.41, 5.74) is 6.87. The van der Waals surface area contributed by atoms with E-state index in [-0.39, 0.29) is 6.04 Å². The van der Waals surface area contributed by atoms with Gasteiger partial charge < -0.3 is 15.2 Å². The molecular weight excluding hydrogens is 234 g/mol. The van der Waals surface area contributed by atoms with E-state index in [1.165, 1.54) is 0 Å². The minimum atomic E-state index is -0.113. The second kappa shape index (κ2) is 6.17. The van der Waals surface area contributed by atoms with E-state index in [0.717, 1.165) is 22.0 Å². The van der Waals surface area contributed by atoms with Crippen molar-refractivity contribution >= 4 is 11.8 Å². The van der Waals surface area contributed by atoms with Crippen LogP contribution in [0, 0.1) is 0 Å². The van der Waals surface area contributed by atoms with Gasteiger partial charge in [0.2, 0.25) is 0 Å². The normalized spacial score (nSPS) is 12.6. The molecule has 1 aromatic rings. The molecule has 1 unspecified atom stereocenters. The molecule has 0 fully saturated rings. The Kier molecular flexibility index (Phi) is 5.15. The Morgan fingerprint density at radius 2 is 1.53 bits per heavy atom. The van der Waals surface area contributed by atoms with Crippen LogP contribution in [0.15, 0.2) is 17.0 Å². The van der Waals surface area contributed by atoms with Crippen molar-refractivity contribution in [1.29, 1.82) is 0 Å². The van der Waals surface area contributed by atoms with Crippen molar-refractivity contribution in [3.8, 4) is 11.5 Å². The predicted octanol–water partition coefficient (Wildman–Crippen LogP) is 3.22. The molecule has 0 saturated carbocycles. The fourth-order valence-corrected chi connectivity index (χ4v) is 2.60. The first kappa shape index (κ1) is 14.2. The van der Waals surface area contributed by atoms with Gasteiger partial charge in [0.05, 0.1) is 19.8 Å². The summed E-state index contributed by atoms with van der Waals surface area (Å²) in [6, 6.07) is 3.93. The summed E-state index contributed by atoms with van der Waals surface area (Å²) in [7, 11) is 3.31. The maximum absolute atomic E-state index is 5.95. The number of thioether (sulfide) groups is 1. The van der Waals surface area contributed by atoms with Crippen LogP contribution in [0.2, 0.25) is 0 Å². The van der Waals surface area contributed by atoms with Gasteiger partial charge in [0.1, 0.15) is 11.5 Å². The molecule has 2 N–H and O–H groups in total. The van der Waals surface area contributed by atoms with E-state index in [4.69, 9.17) is 15.2 Å². The van der Waals surface area contributed by atoms with Crippen molar-refractivity contribution in [2.75, 3.05) is 14.2 Å². The fourth-order valence-electron chi connectivity index (χ4n) is 1.70. The van der Waals surface area contributed by atoms with E-state index in [1.807, 2.05) is 19.1 Å². The summed E-state index contributed by atoms with van der Waals surface area (Å²) in [5.74, 6) is 1.59. The SMILES string of the molecule is COc1cc(SC(C)C)cc(OC)c1C(C)N. The van der Waals surface area contributed by atoms with Crippen molar-refractivity contribution in [2.24, 2.45) is 5.73 Å². The maximum atomic E-state index is 5.95. The molecule has 4 heteroatoms. The number of methoxy groups -OCH3 is 2. The zero-order chi connectivity index (χ0) is 13.0. The molecule has 3 nitrogen and oxygen atoms in total. The first-order chi connectivity index (χ1) is 7.99. The lowest BCUT2D eigenvalue weighted by molar-refractivity contribution is 0.379. The molecule has 0 heterocycles. The smallest absolute Gasteiger partial charge is 0.128 e. The number of hydrogen-bond acceptors (Lipinski definition) is 4. The summed E-state index contributed by atoms with van der Waals surface area (Å²) in [4.78, 5) is 1.14. The van der Waals surface area contributed by atoms with Gasteiger partial charge in [0, 0.05) is 16.2 Å². The van der Waals surface area contributed by atoms with Gasteiger partial charge in [0.15, 0.2) is 0 Å². The first-order valence-electron chi connectivity index (χ1n) is 5.67. The molecule has 1 atom stereocenters. The first-order valence-corrected chi connectivity index (χ1v) is 6.55. The van der Waals surface area contributed by atoms with E-state index < -0.39 is 0 Å². The fraction of sp³-hybridized carbons (Fsp3) is 0.538. The van der Waals surface area contributed by atoms with Gasteiger partial charge in [-0.2, -0.15) is 0 Å². The van der Waals surface area contributed by atoms with Crippen LogP contribution >= 0.6 is 11.8 Å². The van der Waals surface area contributed by atoms with Gasteiger partial charge in [-0.15, -0.1) is 11.8 Å². The Balaban J connectivity index is 3.23. The van der Waals surface area contributed by atoms with Crippen LogP contribution in [-0.2, 0) is 0 Å². The van der Waals surface area contributed by atoms with Crippen LogP contribution in [0.5, 0.6) is 11.5 Å². The van der Waals surface area contributed by atoms with E-state index >= 15 is 0 Å². The molecule has 0 aliphatic rings. The van der Waals surface area contributed by atoms with Crippen LogP contribution < -0.4 is 15.2 Å². The predicted molar refractivity (Wildman–Crippen MR) is 73.1 cm³/mol. The van der Waals surface area contributed by atoms with Gasteiger partial charge in [-0.3, -0.25) is 0 Å². The molecular formula is C13H21NO2S. The molecule has 96 valence electrons. The number of hydrogen-bond donors (Lipinski definition) is 1. The third kappa shape index (κ3) is 3.54. The molecule has 0 saturated heterocycles. The quantitative estimate of drug-likeness (QED) is 0.820. The Morgan fingerprint density at radius 1 is 1.06 bits per heavy atom. The average Bonchev–Trinajstić information content (AvgIpc) is 2.26. The molecule has 0 aliphatic carbocycles. The topological polar surface area (TPSA) is 44.5 Å². The van der Waals surface area contributed by atoms with Crippen molar-refractivity contribution in [1.82, 2.24) is 0 Å². The summed E-state index contributed by atoms with van der Waals surface area (Å²) in [6.07, 6.45) is 0. The lowest BCUT2D eigenvalue weighted by Gasteiger charge is -2.18. The number of ether oxygens (including phenoxy) is 2. The summed E-state index contributed by atoms with van der Waals surface area (Å²) in [5, 5.41) is 0.519. The molecule has 0 aromatic heterocycles. The number of rotatable bonds is 5. The van der Waals surface area contributed by atoms with Gasteiger partial charge in [-0.25, -0.2) is 0 Å². The van der Waals surface area contributed by atoms with Crippen LogP contribution in [-0.4, -0.2) is 19.5 Å². The Labute approximate surface area is 108 Å². The molecule has 1 rings (SSSR count). The van der Waals surface area contributed by atoms with Crippen LogP contribution in [0.4, 0.5) is 0 Å². The highest BCUT2D eigenvalue weighted by atomic mass is 32.2. The Hall–Kier alpha value is -0.870. The van der Waals surface area contributed by atoms with Crippen LogP contribution in [0.25, 0.3) is 0 Å². The highest BCUT2D eigenvalue weighted by Gasteiger charge is 2.16. The largest absolute Gasteiger partial charge is 0.496 e. The molecule has 0 spiro atoms. The van der Waals surface area contributed by atoms with E-state index in [9.17, 15) is 0 Å². The molecule has 0 radical (unpaired) electrons. The molecule has 0 amide bonds. The minimum Gasteiger partial charge on any atom is -0.496 e. The van der Waals surface area contributed by atoms with Gasteiger partial charge in [-0.1, -0.05) is 13.8 Å². The second-order valence-corrected chi connectivity index (χ2v) is 5.85. The number of benzene rings is 1. The average molecular weight is 255 g/mol. The summed E-state index contributed by atoms with van der Waals surface area (Å²) < 4.78 is 10.8. The van der Waals surface area contributed by atoms with Crippen molar-refractivity contribution in [2.45, 2.75) is 37.0 Å².